The van der Waals surface area contributed by atoms with E-state index in [9.17, 15) is 14.9 Å². The molecule has 3 atom stereocenters. The number of hydrogen-bond acceptors (Lipinski definition) is 6. The number of rotatable bonds is 5. The third kappa shape index (κ3) is 2.58. The Morgan fingerprint density at radius 1 is 1.50 bits per heavy atom. The Balaban J connectivity index is 1.59. The van der Waals surface area contributed by atoms with Crippen LogP contribution in [0, 0.1) is 35.3 Å². The van der Waals surface area contributed by atoms with E-state index in [-0.39, 0.29) is 42.2 Å². The maximum Gasteiger partial charge on any atom is 0.312 e. The fourth-order valence-electron chi connectivity index (χ4n) is 4.08. The topological polar surface area (TPSA) is 96.5 Å². The van der Waals surface area contributed by atoms with Crippen LogP contribution < -0.4 is 0 Å². The Hall–Kier alpha value is -1.96. The molecule has 1 aliphatic carbocycles. The summed E-state index contributed by atoms with van der Waals surface area (Å²) in [6, 6.07) is 0. The van der Waals surface area contributed by atoms with Crippen LogP contribution in [-0.2, 0) is 20.8 Å². The van der Waals surface area contributed by atoms with E-state index in [1.807, 2.05) is 0 Å². The van der Waals surface area contributed by atoms with Crippen LogP contribution >= 0.6 is 0 Å². The summed E-state index contributed by atoms with van der Waals surface area (Å²) in [5.74, 6) is -0.00708. The molecule has 2 fully saturated rings. The fraction of sp³-hybridized carbons (Fsp3) is 0.750. The lowest BCUT2D eigenvalue weighted by Gasteiger charge is -2.53. The molecule has 2 heterocycles. The van der Waals surface area contributed by atoms with Crippen LogP contribution in [0.15, 0.2) is 0 Å². The van der Waals surface area contributed by atoms with Crippen molar-refractivity contribution in [1.29, 1.82) is 0 Å². The van der Waals surface area contributed by atoms with E-state index in [0.717, 1.165) is 13.0 Å². The largest absolute Gasteiger partial charge is 0.461 e. The van der Waals surface area contributed by atoms with Gasteiger partial charge in [-0.1, -0.05) is 13.8 Å². The molecule has 0 spiro atoms. The van der Waals surface area contributed by atoms with Crippen LogP contribution in [-0.4, -0.2) is 39.5 Å². The minimum atomic E-state index is -0.441. The highest BCUT2D eigenvalue weighted by molar-refractivity contribution is 5.69. The average molecular weight is 337 g/mol. The Kier molecular flexibility index (Phi) is 4.11. The molecule has 1 saturated carbocycles. The molecule has 132 valence electrons. The second-order valence-electron chi connectivity index (χ2n) is 7.23. The second kappa shape index (κ2) is 5.84. The van der Waals surface area contributed by atoms with Crippen molar-refractivity contribution >= 4 is 11.7 Å². The van der Waals surface area contributed by atoms with Gasteiger partial charge in [0.15, 0.2) is 0 Å². The Labute approximate surface area is 140 Å². The van der Waals surface area contributed by atoms with Crippen molar-refractivity contribution < 1.29 is 19.2 Å². The summed E-state index contributed by atoms with van der Waals surface area (Å²) in [5, 5.41) is 15.2. The molecule has 1 saturated heterocycles. The van der Waals surface area contributed by atoms with Gasteiger partial charge in [0.1, 0.15) is 17.5 Å². The molecule has 0 amide bonds. The minimum absolute atomic E-state index is 0.00874. The number of carbonyl (C=O) groups is 1. The summed E-state index contributed by atoms with van der Waals surface area (Å²) in [6.45, 7) is 8.35. The monoisotopic (exact) mass is 337 g/mol. The number of nitrogens with zero attached hydrogens (tertiary/aromatic N) is 3. The molecule has 2 aliphatic rings. The molecule has 1 aromatic rings. The van der Waals surface area contributed by atoms with Gasteiger partial charge in [-0.25, -0.2) is 0 Å². The molecule has 24 heavy (non-hydrogen) atoms. The van der Waals surface area contributed by atoms with Gasteiger partial charge >= 0.3 is 11.7 Å². The summed E-state index contributed by atoms with van der Waals surface area (Å²) in [6.07, 6.45) is 1.13. The molecular weight excluding hydrogens is 314 g/mol. The second-order valence-corrected chi connectivity index (χ2v) is 7.23. The zero-order valence-corrected chi connectivity index (χ0v) is 14.4. The first-order valence-corrected chi connectivity index (χ1v) is 8.23. The Bertz CT molecular complexity index is 681. The molecule has 0 radical (unpaired) electrons. The summed E-state index contributed by atoms with van der Waals surface area (Å²) in [5.41, 5.74) is 0.665. The van der Waals surface area contributed by atoms with Crippen molar-refractivity contribution in [2.75, 3.05) is 6.61 Å². The maximum atomic E-state index is 12.2. The average Bonchev–Trinajstić information content (AvgIpc) is 3.06. The lowest BCUT2D eigenvalue weighted by atomic mass is 9.59. The quantitative estimate of drug-likeness (QED) is 0.464. The van der Waals surface area contributed by atoms with E-state index in [1.165, 1.54) is 4.68 Å². The molecule has 1 aromatic heterocycles. The number of carbonyl (C=O) groups excluding carboxylic acids is 1. The molecule has 0 bridgehead atoms. The number of fused-ring (bicyclic) bond motifs is 1. The minimum Gasteiger partial charge on any atom is -0.461 e. The zero-order chi connectivity index (χ0) is 17.6. The first-order valence-electron chi connectivity index (χ1n) is 8.23. The van der Waals surface area contributed by atoms with Gasteiger partial charge in [-0.3, -0.25) is 19.6 Å². The molecule has 1 aliphatic heterocycles. The number of hydrogen-bond donors (Lipinski definition) is 0. The van der Waals surface area contributed by atoms with Crippen LogP contribution in [0.2, 0.25) is 0 Å². The van der Waals surface area contributed by atoms with Crippen LogP contribution in [0.3, 0.4) is 0 Å². The van der Waals surface area contributed by atoms with Gasteiger partial charge in [0.25, 0.3) is 0 Å². The number of esters is 1. The summed E-state index contributed by atoms with van der Waals surface area (Å²) in [7, 11) is 0. The van der Waals surface area contributed by atoms with E-state index in [2.05, 4.69) is 18.9 Å². The summed E-state index contributed by atoms with van der Waals surface area (Å²) >= 11 is 0. The van der Waals surface area contributed by atoms with E-state index < -0.39 is 4.92 Å². The highest BCUT2D eigenvalue weighted by Crippen LogP contribution is 2.53. The molecule has 8 nitrogen and oxygen atoms in total. The highest BCUT2D eigenvalue weighted by Gasteiger charge is 2.61. The lowest BCUT2D eigenvalue weighted by molar-refractivity contribution is -0.386. The Morgan fingerprint density at radius 2 is 2.21 bits per heavy atom. The van der Waals surface area contributed by atoms with Crippen molar-refractivity contribution in [1.82, 2.24) is 9.78 Å². The van der Waals surface area contributed by atoms with E-state index >= 15 is 0 Å². The highest BCUT2D eigenvalue weighted by atomic mass is 16.6. The molecule has 8 heteroatoms. The van der Waals surface area contributed by atoms with Gasteiger partial charge in [-0.05, 0) is 20.3 Å². The molecule has 0 aromatic carbocycles. The SMILES string of the molecule is Cc1nn(CCC(=O)O[C@@H]2[C@H]3CCO[C@H]3C2(C)C)c(C)c1[N+](=O)[O-]. The van der Waals surface area contributed by atoms with Crippen LogP contribution in [0.4, 0.5) is 5.69 Å². The van der Waals surface area contributed by atoms with E-state index in [4.69, 9.17) is 9.47 Å². The third-order valence-electron chi connectivity index (χ3n) is 5.30. The van der Waals surface area contributed by atoms with Crippen molar-refractivity contribution in [3.8, 4) is 0 Å². The fourth-order valence-corrected chi connectivity index (χ4v) is 4.08. The van der Waals surface area contributed by atoms with Gasteiger partial charge in [0, 0.05) is 17.9 Å². The number of aromatic nitrogens is 2. The standard InChI is InChI=1S/C16H23N3O5/c1-9-13(19(21)22)10(2)18(17-9)7-5-12(20)24-15-11-6-8-23-14(11)16(15,3)4/h11,14-15H,5-8H2,1-4H3/t11-,14+,15+/m0/s1. The van der Waals surface area contributed by atoms with E-state index in [1.54, 1.807) is 13.8 Å². The summed E-state index contributed by atoms with van der Waals surface area (Å²) < 4.78 is 12.9. The number of aryl methyl sites for hydroxylation is 2. The van der Waals surface area contributed by atoms with E-state index in [0.29, 0.717) is 17.3 Å². The molecule has 0 N–H and O–H groups in total. The van der Waals surface area contributed by atoms with Crippen LogP contribution in [0.1, 0.15) is 38.1 Å². The first-order chi connectivity index (χ1) is 11.2. The van der Waals surface area contributed by atoms with Crippen LogP contribution in [0.25, 0.3) is 0 Å². The van der Waals surface area contributed by atoms with Crippen molar-refractivity contribution in [2.45, 2.75) is 59.3 Å². The smallest absolute Gasteiger partial charge is 0.312 e. The van der Waals surface area contributed by atoms with Crippen LogP contribution in [0.5, 0.6) is 0 Å². The van der Waals surface area contributed by atoms with Crippen molar-refractivity contribution in [3.63, 3.8) is 0 Å². The Morgan fingerprint density at radius 3 is 2.83 bits per heavy atom. The summed E-state index contributed by atoms with van der Waals surface area (Å²) in [4.78, 5) is 22.8. The molecule has 3 rings (SSSR count). The van der Waals surface area contributed by atoms with Gasteiger partial charge in [-0.2, -0.15) is 5.10 Å². The third-order valence-corrected chi connectivity index (χ3v) is 5.30. The normalized spacial score (nSPS) is 27.4. The molecule has 0 unspecified atom stereocenters. The van der Waals surface area contributed by atoms with Gasteiger partial charge in [-0.15, -0.1) is 0 Å². The van der Waals surface area contributed by atoms with Crippen molar-refractivity contribution in [2.24, 2.45) is 11.3 Å². The predicted octanol–water partition coefficient (Wildman–Crippen LogP) is 2.15. The van der Waals surface area contributed by atoms with Gasteiger partial charge < -0.3 is 9.47 Å². The molecular formula is C16H23N3O5. The number of ether oxygens (including phenoxy) is 2. The first kappa shape index (κ1) is 16.9. The van der Waals surface area contributed by atoms with Gasteiger partial charge in [0.05, 0.1) is 24.0 Å². The number of nitro groups is 1. The van der Waals surface area contributed by atoms with Gasteiger partial charge in [0.2, 0.25) is 0 Å². The zero-order valence-electron chi connectivity index (χ0n) is 14.4. The predicted molar refractivity (Wildman–Crippen MR) is 84.5 cm³/mol. The van der Waals surface area contributed by atoms with Crippen molar-refractivity contribution in [3.05, 3.63) is 21.5 Å². The lowest BCUT2D eigenvalue weighted by Crippen LogP contribution is -2.61. The maximum absolute atomic E-state index is 12.2.